The van der Waals surface area contributed by atoms with E-state index < -0.39 is 17.3 Å². The van der Waals surface area contributed by atoms with Gasteiger partial charge in [-0.05, 0) is 37.3 Å². The number of hydrogen-bond acceptors (Lipinski definition) is 5. The zero-order chi connectivity index (χ0) is 27.9. The van der Waals surface area contributed by atoms with Crippen molar-refractivity contribution < 1.29 is 17.9 Å². The van der Waals surface area contributed by atoms with E-state index in [0.29, 0.717) is 38.5 Å². The molecule has 0 radical (unpaired) electrons. The van der Waals surface area contributed by atoms with E-state index in [-0.39, 0.29) is 13.2 Å². The third-order valence-corrected chi connectivity index (χ3v) is 6.91. The highest BCUT2D eigenvalue weighted by Crippen LogP contribution is 2.34. The predicted octanol–water partition coefficient (Wildman–Crippen LogP) is 6.45. The molecule has 0 unspecified atom stereocenters. The van der Waals surface area contributed by atoms with Gasteiger partial charge < -0.3 is 13.9 Å². The van der Waals surface area contributed by atoms with E-state index in [1.165, 1.54) is 18.5 Å². The number of para-hydroxylation sites is 1. The number of rotatable bonds is 6. The molecule has 0 atom stereocenters. The van der Waals surface area contributed by atoms with Crippen LogP contribution in [0, 0.1) is 6.92 Å². The Labute approximate surface area is 230 Å². The number of alkyl halides is 3. The Kier molecular flexibility index (Phi) is 7.09. The van der Waals surface area contributed by atoms with Crippen molar-refractivity contribution in [2.24, 2.45) is 7.05 Å². The molecule has 0 aliphatic carbocycles. The highest BCUT2D eigenvalue weighted by atomic mass is 35.5. The fourth-order valence-electron chi connectivity index (χ4n) is 4.28. The molecule has 0 spiro atoms. The van der Waals surface area contributed by atoms with Crippen LogP contribution in [0.25, 0.3) is 22.3 Å². The molecule has 12 heteroatoms. The van der Waals surface area contributed by atoms with Crippen molar-refractivity contribution in [3.05, 3.63) is 104 Å². The molecule has 4 heterocycles. The lowest BCUT2D eigenvalue weighted by Gasteiger charge is -2.16. The molecule has 0 aliphatic rings. The van der Waals surface area contributed by atoms with Crippen LogP contribution in [-0.4, -0.2) is 24.1 Å². The SMILES string of the molecule is Cc1cc(-c2ncc(Cl)n2C)c2cccc(OCc3c(Cl)ccnc3Cn3cccc(C(F)(F)F)c3=O)c2n1. The van der Waals surface area contributed by atoms with Gasteiger partial charge >= 0.3 is 6.18 Å². The van der Waals surface area contributed by atoms with E-state index in [2.05, 4.69) is 15.0 Å². The van der Waals surface area contributed by atoms with Gasteiger partial charge in [0.15, 0.2) is 0 Å². The number of hydrogen-bond donors (Lipinski definition) is 0. The van der Waals surface area contributed by atoms with Crippen molar-refractivity contribution in [2.45, 2.75) is 26.3 Å². The number of aromatic nitrogens is 5. The summed E-state index contributed by atoms with van der Waals surface area (Å²) in [7, 11) is 1.81. The minimum absolute atomic E-state index is 0.0615. The number of halogens is 5. The summed E-state index contributed by atoms with van der Waals surface area (Å²) in [5.41, 5.74) is 0.447. The first-order valence-corrected chi connectivity index (χ1v) is 12.4. The molecule has 0 saturated heterocycles. The first-order valence-electron chi connectivity index (χ1n) is 11.6. The second-order valence-electron chi connectivity index (χ2n) is 8.79. The molecule has 5 rings (SSSR count). The van der Waals surface area contributed by atoms with Crippen LogP contribution in [0.3, 0.4) is 0 Å². The fourth-order valence-corrected chi connectivity index (χ4v) is 4.63. The van der Waals surface area contributed by atoms with Crippen molar-refractivity contribution in [2.75, 3.05) is 0 Å². The number of imidazole rings is 1. The fraction of sp³-hybridized carbons (Fsp3) is 0.185. The molecule has 0 amide bonds. The second kappa shape index (κ2) is 10.3. The summed E-state index contributed by atoms with van der Waals surface area (Å²) in [5.74, 6) is 1.12. The van der Waals surface area contributed by atoms with Gasteiger partial charge in [0.05, 0.1) is 23.5 Å². The van der Waals surface area contributed by atoms with E-state index in [1.807, 2.05) is 32.2 Å². The van der Waals surface area contributed by atoms with Crippen LogP contribution >= 0.6 is 23.2 Å². The van der Waals surface area contributed by atoms with Crippen LogP contribution in [0.15, 0.2) is 65.8 Å². The van der Waals surface area contributed by atoms with Crippen molar-refractivity contribution in [1.29, 1.82) is 0 Å². The number of ether oxygens (including phenoxy) is 1. The average Bonchev–Trinajstić information content (AvgIpc) is 3.21. The minimum atomic E-state index is -4.77. The number of fused-ring (bicyclic) bond motifs is 1. The van der Waals surface area contributed by atoms with Crippen molar-refractivity contribution in [3.63, 3.8) is 0 Å². The molecule has 0 aliphatic heterocycles. The van der Waals surface area contributed by atoms with E-state index in [4.69, 9.17) is 27.9 Å². The zero-order valence-corrected chi connectivity index (χ0v) is 22.1. The number of benzene rings is 1. The largest absolute Gasteiger partial charge is 0.486 e. The molecule has 5 aromatic rings. The summed E-state index contributed by atoms with van der Waals surface area (Å²) < 4.78 is 48.6. The standard InChI is InChI=1S/C27H20Cl2F3N5O2/c1-15-11-17(25-34-12-23(29)36(25)2)16-5-3-7-22(24(16)35-15)39-14-18-20(28)8-9-33-21(18)13-37-10-4-6-19(26(37)38)27(30,31)32/h3-12H,13-14H2,1-2H3. The maximum absolute atomic E-state index is 13.2. The molecule has 0 saturated carbocycles. The maximum Gasteiger partial charge on any atom is 0.421 e. The molecular formula is C27H20Cl2F3N5O2. The van der Waals surface area contributed by atoms with E-state index in [0.717, 1.165) is 27.3 Å². The van der Waals surface area contributed by atoms with Gasteiger partial charge in [0.2, 0.25) is 0 Å². The monoisotopic (exact) mass is 573 g/mol. The highest BCUT2D eigenvalue weighted by molar-refractivity contribution is 6.31. The van der Waals surface area contributed by atoms with Gasteiger partial charge in [-0.3, -0.25) is 9.78 Å². The van der Waals surface area contributed by atoms with E-state index in [1.54, 1.807) is 22.9 Å². The summed E-state index contributed by atoms with van der Waals surface area (Å²) >= 11 is 12.7. The van der Waals surface area contributed by atoms with Gasteiger partial charge in [-0.25, -0.2) is 9.97 Å². The molecule has 0 bridgehead atoms. The topological polar surface area (TPSA) is 74.8 Å². The van der Waals surface area contributed by atoms with Gasteiger partial charge in [0, 0.05) is 41.6 Å². The van der Waals surface area contributed by atoms with Crippen LogP contribution in [0.1, 0.15) is 22.5 Å². The Hall–Kier alpha value is -3.89. The predicted molar refractivity (Wildman–Crippen MR) is 142 cm³/mol. The summed E-state index contributed by atoms with van der Waals surface area (Å²) in [6.45, 7) is 1.57. The van der Waals surface area contributed by atoms with Crippen molar-refractivity contribution in [1.82, 2.24) is 24.1 Å². The van der Waals surface area contributed by atoms with Crippen molar-refractivity contribution >= 4 is 34.1 Å². The summed E-state index contributed by atoms with van der Waals surface area (Å²) in [6, 6.07) is 10.8. The summed E-state index contributed by atoms with van der Waals surface area (Å²) in [4.78, 5) is 25.9. The first kappa shape index (κ1) is 26.7. The zero-order valence-electron chi connectivity index (χ0n) is 20.6. The van der Waals surface area contributed by atoms with Crippen LogP contribution in [0.4, 0.5) is 13.2 Å². The lowest BCUT2D eigenvalue weighted by atomic mass is 10.1. The molecule has 7 nitrogen and oxygen atoms in total. The third-order valence-electron chi connectivity index (χ3n) is 6.21. The van der Waals surface area contributed by atoms with Crippen LogP contribution in [0.2, 0.25) is 10.2 Å². The van der Waals surface area contributed by atoms with E-state index in [9.17, 15) is 18.0 Å². The molecule has 0 fully saturated rings. The maximum atomic E-state index is 13.2. The smallest absolute Gasteiger partial charge is 0.421 e. The van der Waals surface area contributed by atoms with Gasteiger partial charge in [0.25, 0.3) is 5.56 Å². The molecule has 0 N–H and O–H groups in total. The van der Waals surface area contributed by atoms with Crippen LogP contribution in [0.5, 0.6) is 5.75 Å². The molecular weight excluding hydrogens is 554 g/mol. The Balaban J connectivity index is 1.50. The van der Waals surface area contributed by atoms with Gasteiger partial charge in [0.1, 0.15) is 34.4 Å². The first-order chi connectivity index (χ1) is 18.5. The lowest BCUT2D eigenvalue weighted by Crippen LogP contribution is -2.28. The summed E-state index contributed by atoms with van der Waals surface area (Å²) in [6.07, 6.45) is -0.507. The summed E-state index contributed by atoms with van der Waals surface area (Å²) in [5, 5.41) is 1.57. The Bertz CT molecular complexity index is 1770. The van der Waals surface area contributed by atoms with Gasteiger partial charge in [-0.1, -0.05) is 35.3 Å². The number of nitrogens with zero attached hydrogens (tertiary/aromatic N) is 5. The Morgan fingerprint density at radius 3 is 2.59 bits per heavy atom. The van der Waals surface area contributed by atoms with Crippen LogP contribution < -0.4 is 10.3 Å². The van der Waals surface area contributed by atoms with Crippen LogP contribution in [-0.2, 0) is 26.4 Å². The van der Waals surface area contributed by atoms with Crippen molar-refractivity contribution in [3.8, 4) is 17.1 Å². The Morgan fingerprint density at radius 2 is 1.87 bits per heavy atom. The normalized spacial score (nSPS) is 11.8. The molecule has 1 aromatic carbocycles. The second-order valence-corrected chi connectivity index (χ2v) is 9.58. The molecule has 4 aromatic heterocycles. The number of aryl methyl sites for hydroxylation is 1. The minimum Gasteiger partial charge on any atom is -0.486 e. The molecule has 39 heavy (non-hydrogen) atoms. The highest BCUT2D eigenvalue weighted by Gasteiger charge is 2.34. The average molecular weight is 574 g/mol. The third kappa shape index (κ3) is 5.22. The quantitative estimate of drug-likeness (QED) is 0.233. The number of pyridine rings is 3. The Morgan fingerprint density at radius 1 is 1.08 bits per heavy atom. The van der Waals surface area contributed by atoms with E-state index >= 15 is 0 Å². The lowest BCUT2D eigenvalue weighted by molar-refractivity contribution is -0.138. The molecule has 200 valence electrons. The van der Waals surface area contributed by atoms with Gasteiger partial charge in [-0.2, -0.15) is 13.2 Å². The van der Waals surface area contributed by atoms with Gasteiger partial charge in [-0.15, -0.1) is 0 Å².